The standard InChI is InChI=1S/C12H21N3O4/c1-7-5-8(7)6-15(2)12(19)14-9(11(17)18)3-4-10(13)16/h7-9H,3-6H2,1-2H3,(H2,13,16)(H,14,19)(H,17,18)/t7?,8?,9-/m1/s1. The van der Waals surface area contributed by atoms with Gasteiger partial charge in [-0.3, -0.25) is 4.79 Å². The summed E-state index contributed by atoms with van der Waals surface area (Å²) in [4.78, 5) is 34.9. The van der Waals surface area contributed by atoms with Crippen LogP contribution in [0.5, 0.6) is 0 Å². The second kappa shape index (κ2) is 6.40. The third-order valence-electron chi connectivity index (χ3n) is 3.41. The number of aliphatic carboxylic acids is 1. The Kier molecular flexibility index (Phi) is 5.14. The SMILES string of the molecule is CC1CC1CN(C)C(=O)N[C@H](CCC(N)=O)C(=O)O. The first-order chi connectivity index (χ1) is 8.81. The van der Waals surface area contributed by atoms with Crippen LogP contribution in [0.2, 0.25) is 0 Å². The van der Waals surface area contributed by atoms with E-state index in [0.717, 1.165) is 6.42 Å². The van der Waals surface area contributed by atoms with Crippen molar-refractivity contribution in [2.24, 2.45) is 17.6 Å². The maximum atomic E-state index is 11.8. The normalized spacial score (nSPS) is 22.4. The molecule has 19 heavy (non-hydrogen) atoms. The molecule has 2 unspecified atom stereocenters. The molecule has 0 aromatic heterocycles. The molecule has 0 spiro atoms. The maximum Gasteiger partial charge on any atom is 0.326 e. The van der Waals surface area contributed by atoms with Crippen LogP contribution in [0, 0.1) is 11.8 Å². The van der Waals surface area contributed by atoms with Crippen molar-refractivity contribution in [1.82, 2.24) is 10.2 Å². The van der Waals surface area contributed by atoms with Gasteiger partial charge in [-0.2, -0.15) is 0 Å². The highest BCUT2D eigenvalue weighted by Gasteiger charge is 2.34. The van der Waals surface area contributed by atoms with E-state index in [2.05, 4.69) is 12.2 Å². The minimum atomic E-state index is -1.16. The van der Waals surface area contributed by atoms with Gasteiger partial charge < -0.3 is 21.1 Å². The lowest BCUT2D eigenvalue weighted by atomic mass is 10.1. The van der Waals surface area contributed by atoms with E-state index in [1.807, 2.05) is 0 Å². The van der Waals surface area contributed by atoms with E-state index < -0.39 is 23.9 Å². The fourth-order valence-electron chi connectivity index (χ4n) is 1.89. The van der Waals surface area contributed by atoms with Crippen LogP contribution < -0.4 is 11.1 Å². The first kappa shape index (κ1) is 15.3. The lowest BCUT2D eigenvalue weighted by molar-refractivity contribution is -0.139. The van der Waals surface area contributed by atoms with Gasteiger partial charge >= 0.3 is 12.0 Å². The molecule has 0 aromatic carbocycles. The minimum absolute atomic E-state index is 0.00405. The van der Waals surface area contributed by atoms with Crippen LogP contribution >= 0.6 is 0 Å². The highest BCUT2D eigenvalue weighted by Crippen LogP contribution is 2.37. The highest BCUT2D eigenvalue weighted by atomic mass is 16.4. The summed E-state index contributed by atoms with van der Waals surface area (Å²) >= 11 is 0. The zero-order chi connectivity index (χ0) is 14.6. The molecule has 0 radical (unpaired) electrons. The molecule has 0 saturated heterocycles. The number of amides is 3. The van der Waals surface area contributed by atoms with E-state index in [9.17, 15) is 14.4 Å². The molecule has 7 heteroatoms. The Morgan fingerprint density at radius 1 is 1.47 bits per heavy atom. The van der Waals surface area contributed by atoms with E-state index in [4.69, 9.17) is 10.8 Å². The molecule has 3 atom stereocenters. The number of primary amides is 1. The summed E-state index contributed by atoms with van der Waals surface area (Å²) in [5.74, 6) is -0.617. The van der Waals surface area contributed by atoms with Crippen LogP contribution in [0.4, 0.5) is 4.79 Å². The Hall–Kier alpha value is -1.79. The Morgan fingerprint density at radius 3 is 2.47 bits per heavy atom. The summed E-state index contributed by atoms with van der Waals surface area (Å²) in [7, 11) is 1.63. The van der Waals surface area contributed by atoms with Gasteiger partial charge in [0.05, 0.1) is 0 Å². The molecule has 7 nitrogen and oxygen atoms in total. The Morgan fingerprint density at radius 2 is 2.05 bits per heavy atom. The molecular weight excluding hydrogens is 250 g/mol. The lowest BCUT2D eigenvalue weighted by Crippen LogP contribution is -2.47. The number of urea groups is 1. The summed E-state index contributed by atoms with van der Waals surface area (Å²) in [5, 5.41) is 11.4. The van der Waals surface area contributed by atoms with Crippen molar-refractivity contribution in [2.75, 3.05) is 13.6 Å². The van der Waals surface area contributed by atoms with Crippen molar-refractivity contribution in [3.8, 4) is 0 Å². The van der Waals surface area contributed by atoms with Crippen LogP contribution in [0.25, 0.3) is 0 Å². The molecule has 108 valence electrons. The van der Waals surface area contributed by atoms with Crippen LogP contribution in [-0.4, -0.2) is 47.5 Å². The summed E-state index contributed by atoms with van der Waals surface area (Å²) in [6.07, 6.45) is 1.03. The molecule has 0 aliphatic heterocycles. The third-order valence-corrected chi connectivity index (χ3v) is 3.41. The van der Waals surface area contributed by atoms with Gasteiger partial charge in [0.25, 0.3) is 0 Å². The lowest BCUT2D eigenvalue weighted by Gasteiger charge is -2.21. The summed E-state index contributed by atoms with van der Waals surface area (Å²) in [6.45, 7) is 2.73. The largest absolute Gasteiger partial charge is 0.480 e. The molecular formula is C12H21N3O4. The van der Waals surface area contributed by atoms with Gasteiger partial charge in [0.1, 0.15) is 6.04 Å². The van der Waals surface area contributed by atoms with Gasteiger partial charge in [-0.1, -0.05) is 6.92 Å². The zero-order valence-corrected chi connectivity index (χ0v) is 11.3. The average molecular weight is 271 g/mol. The fraction of sp³-hybridized carbons (Fsp3) is 0.750. The first-order valence-corrected chi connectivity index (χ1v) is 6.34. The Bertz CT molecular complexity index is 372. The van der Waals surface area contributed by atoms with Gasteiger partial charge in [-0.05, 0) is 24.7 Å². The monoisotopic (exact) mass is 271 g/mol. The number of carbonyl (C=O) groups excluding carboxylic acids is 2. The molecule has 0 bridgehead atoms. The number of nitrogens with zero attached hydrogens (tertiary/aromatic N) is 1. The summed E-state index contributed by atoms with van der Waals surface area (Å²) in [6, 6.07) is -1.52. The smallest absolute Gasteiger partial charge is 0.326 e. The van der Waals surface area contributed by atoms with E-state index in [1.54, 1.807) is 7.05 Å². The number of rotatable bonds is 7. The number of hydrogen-bond acceptors (Lipinski definition) is 3. The van der Waals surface area contributed by atoms with Crippen LogP contribution in [-0.2, 0) is 9.59 Å². The van der Waals surface area contributed by atoms with Crippen molar-refractivity contribution < 1.29 is 19.5 Å². The predicted octanol–water partition coefficient (Wildman–Crippen LogP) is 0.00250. The van der Waals surface area contributed by atoms with Crippen LogP contribution in [0.3, 0.4) is 0 Å². The number of carbonyl (C=O) groups is 3. The molecule has 1 rings (SSSR count). The van der Waals surface area contributed by atoms with Crippen molar-refractivity contribution in [3.05, 3.63) is 0 Å². The van der Waals surface area contributed by atoms with E-state index in [-0.39, 0.29) is 12.8 Å². The fourth-order valence-corrected chi connectivity index (χ4v) is 1.89. The Balaban J connectivity index is 2.41. The second-order valence-electron chi connectivity index (χ2n) is 5.20. The number of nitrogens with one attached hydrogen (secondary N) is 1. The van der Waals surface area contributed by atoms with Crippen LogP contribution in [0.15, 0.2) is 0 Å². The first-order valence-electron chi connectivity index (χ1n) is 6.34. The molecule has 4 N–H and O–H groups in total. The number of hydrogen-bond donors (Lipinski definition) is 3. The quantitative estimate of drug-likeness (QED) is 0.605. The van der Waals surface area contributed by atoms with Gasteiger partial charge in [0.2, 0.25) is 5.91 Å². The van der Waals surface area contributed by atoms with Gasteiger partial charge in [-0.25, -0.2) is 9.59 Å². The van der Waals surface area contributed by atoms with Gasteiger partial charge in [-0.15, -0.1) is 0 Å². The third kappa shape index (κ3) is 5.15. The molecule has 0 heterocycles. The molecule has 3 amide bonds. The highest BCUT2D eigenvalue weighted by molar-refractivity contribution is 5.83. The molecule has 1 aliphatic carbocycles. The van der Waals surface area contributed by atoms with E-state index in [0.29, 0.717) is 18.4 Å². The minimum Gasteiger partial charge on any atom is -0.480 e. The van der Waals surface area contributed by atoms with Gasteiger partial charge in [0.15, 0.2) is 0 Å². The summed E-state index contributed by atoms with van der Waals surface area (Å²) in [5.41, 5.74) is 4.97. The zero-order valence-electron chi connectivity index (χ0n) is 11.3. The van der Waals surface area contributed by atoms with E-state index >= 15 is 0 Å². The average Bonchev–Trinajstić information content (AvgIpc) is 2.98. The molecule has 1 aliphatic rings. The Labute approximate surface area is 112 Å². The van der Waals surface area contributed by atoms with Gasteiger partial charge in [0, 0.05) is 20.0 Å². The predicted molar refractivity (Wildman–Crippen MR) is 68.3 cm³/mol. The maximum absolute atomic E-state index is 11.8. The summed E-state index contributed by atoms with van der Waals surface area (Å²) < 4.78 is 0. The second-order valence-corrected chi connectivity index (χ2v) is 5.20. The molecule has 1 fully saturated rings. The van der Waals surface area contributed by atoms with E-state index in [1.165, 1.54) is 4.90 Å². The van der Waals surface area contributed by atoms with Crippen molar-refractivity contribution in [3.63, 3.8) is 0 Å². The van der Waals surface area contributed by atoms with Crippen LogP contribution in [0.1, 0.15) is 26.2 Å². The molecule has 0 aromatic rings. The molecule has 1 saturated carbocycles. The number of carboxylic acid groups (broad SMARTS) is 1. The topological polar surface area (TPSA) is 113 Å². The van der Waals surface area contributed by atoms with Crippen molar-refractivity contribution in [1.29, 1.82) is 0 Å². The van der Waals surface area contributed by atoms with Crippen molar-refractivity contribution in [2.45, 2.75) is 32.2 Å². The van der Waals surface area contributed by atoms with Crippen molar-refractivity contribution >= 4 is 17.9 Å². The number of nitrogens with two attached hydrogens (primary N) is 1. The number of carboxylic acids is 1.